The van der Waals surface area contributed by atoms with Crippen molar-refractivity contribution in [2.24, 2.45) is 5.73 Å². The summed E-state index contributed by atoms with van der Waals surface area (Å²) >= 11 is 0. The molecular weight excluding hydrogens is 276 g/mol. The summed E-state index contributed by atoms with van der Waals surface area (Å²) < 4.78 is 7.50. The van der Waals surface area contributed by atoms with Crippen LogP contribution in [-0.4, -0.2) is 30.3 Å². The van der Waals surface area contributed by atoms with Gasteiger partial charge in [-0.05, 0) is 12.1 Å². The number of carbonyl (C=O) groups excluding carboxylic acids is 1. The van der Waals surface area contributed by atoms with Gasteiger partial charge >= 0.3 is 5.69 Å². The fraction of sp³-hybridized carbons (Fsp3) is 0.0833. The Labute approximate surface area is 117 Å². The lowest BCUT2D eigenvalue weighted by molar-refractivity contribution is 0.0997. The fourth-order valence-corrected chi connectivity index (χ4v) is 1.74. The number of ether oxygens (including phenoxy) is 1. The number of aromatic nitrogens is 5. The minimum absolute atomic E-state index is 0.0171. The molecule has 0 radical (unpaired) electrons. The minimum Gasteiger partial charge on any atom is -0.471 e. The normalized spacial score (nSPS) is 10.7. The van der Waals surface area contributed by atoms with Crippen molar-refractivity contribution < 1.29 is 9.53 Å². The third-order valence-corrected chi connectivity index (χ3v) is 2.75. The van der Waals surface area contributed by atoms with E-state index in [1.807, 2.05) is 18.2 Å². The predicted molar refractivity (Wildman–Crippen MR) is 70.6 cm³/mol. The predicted octanol–water partition coefficient (Wildman–Crippen LogP) is -0.579. The molecule has 3 rings (SSSR count). The Morgan fingerprint density at radius 3 is 2.76 bits per heavy atom. The van der Waals surface area contributed by atoms with Crippen LogP contribution in [0, 0.1) is 0 Å². The summed E-state index contributed by atoms with van der Waals surface area (Å²) in [4.78, 5) is 27.0. The van der Waals surface area contributed by atoms with Gasteiger partial charge in [0, 0.05) is 0 Å². The van der Waals surface area contributed by atoms with Gasteiger partial charge in [0.05, 0.1) is 0 Å². The molecule has 0 aliphatic rings. The molecule has 0 aliphatic heterocycles. The molecule has 2 N–H and O–H groups in total. The van der Waals surface area contributed by atoms with Gasteiger partial charge in [-0.25, -0.2) is 14.2 Å². The lowest BCUT2D eigenvalue weighted by Crippen LogP contribution is -2.31. The summed E-state index contributed by atoms with van der Waals surface area (Å²) in [6, 6.07) is 8.96. The van der Waals surface area contributed by atoms with Crippen molar-refractivity contribution in [2.75, 3.05) is 0 Å². The standard InChI is InChI=1S/C12H10N6O3/c13-10(19)9-11-15-16-18(12(20)17(11)6-14-9)7-21-8-4-2-1-3-5-8/h1-6H,7H2,(H2,13,19). The highest BCUT2D eigenvalue weighted by Gasteiger charge is 2.15. The van der Waals surface area contributed by atoms with Crippen molar-refractivity contribution in [1.29, 1.82) is 0 Å². The Balaban J connectivity index is 1.92. The molecule has 0 spiro atoms. The van der Waals surface area contributed by atoms with Crippen LogP contribution in [-0.2, 0) is 6.73 Å². The Kier molecular flexibility index (Phi) is 3.07. The second-order valence-electron chi connectivity index (χ2n) is 4.11. The van der Waals surface area contributed by atoms with E-state index in [2.05, 4.69) is 15.3 Å². The maximum absolute atomic E-state index is 12.1. The van der Waals surface area contributed by atoms with E-state index in [1.54, 1.807) is 12.1 Å². The van der Waals surface area contributed by atoms with Gasteiger partial charge in [-0.15, -0.1) is 5.10 Å². The van der Waals surface area contributed by atoms with Gasteiger partial charge in [-0.3, -0.25) is 4.79 Å². The highest BCUT2D eigenvalue weighted by atomic mass is 16.5. The van der Waals surface area contributed by atoms with E-state index in [-0.39, 0.29) is 18.1 Å². The van der Waals surface area contributed by atoms with Crippen LogP contribution in [0.2, 0.25) is 0 Å². The van der Waals surface area contributed by atoms with E-state index in [1.165, 1.54) is 6.33 Å². The number of para-hydroxylation sites is 1. The molecule has 106 valence electrons. The summed E-state index contributed by atoms with van der Waals surface area (Å²) in [5.41, 5.74) is 4.52. The lowest BCUT2D eigenvalue weighted by Gasteiger charge is -2.06. The largest absolute Gasteiger partial charge is 0.471 e. The Bertz CT molecular complexity index is 854. The van der Waals surface area contributed by atoms with E-state index >= 15 is 0 Å². The molecule has 0 fully saturated rings. The Hall–Kier alpha value is -3.23. The van der Waals surface area contributed by atoms with Gasteiger partial charge in [0.25, 0.3) is 5.91 Å². The van der Waals surface area contributed by atoms with Crippen LogP contribution in [0.25, 0.3) is 5.65 Å². The molecule has 0 bridgehead atoms. The molecule has 1 aromatic carbocycles. The zero-order chi connectivity index (χ0) is 14.8. The first-order chi connectivity index (χ1) is 10.2. The molecule has 3 aromatic rings. The van der Waals surface area contributed by atoms with E-state index in [0.29, 0.717) is 5.75 Å². The SMILES string of the molecule is NC(=O)c1ncn2c(=O)n(COc3ccccc3)nnc12. The number of hydrogen-bond acceptors (Lipinski definition) is 6. The van der Waals surface area contributed by atoms with Crippen LogP contribution in [0.5, 0.6) is 5.75 Å². The van der Waals surface area contributed by atoms with Gasteiger partial charge < -0.3 is 10.5 Å². The highest BCUT2D eigenvalue weighted by Crippen LogP contribution is 2.08. The van der Waals surface area contributed by atoms with Gasteiger partial charge in [-0.1, -0.05) is 23.4 Å². The molecule has 2 heterocycles. The highest BCUT2D eigenvalue weighted by molar-refractivity contribution is 5.96. The lowest BCUT2D eigenvalue weighted by atomic mass is 10.3. The van der Waals surface area contributed by atoms with Crippen molar-refractivity contribution in [3.63, 3.8) is 0 Å². The summed E-state index contributed by atoms with van der Waals surface area (Å²) in [5.74, 6) is -0.181. The number of imidazole rings is 1. The minimum atomic E-state index is -0.774. The first kappa shape index (κ1) is 12.8. The summed E-state index contributed by atoms with van der Waals surface area (Å²) in [5, 5.41) is 7.47. The van der Waals surface area contributed by atoms with Crippen LogP contribution >= 0.6 is 0 Å². The van der Waals surface area contributed by atoms with Crippen LogP contribution in [0.1, 0.15) is 10.5 Å². The maximum Gasteiger partial charge on any atom is 0.356 e. The zero-order valence-corrected chi connectivity index (χ0v) is 10.7. The summed E-state index contributed by atoms with van der Waals surface area (Å²) in [6.07, 6.45) is 1.17. The van der Waals surface area contributed by atoms with Crippen molar-refractivity contribution in [3.8, 4) is 5.75 Å². The number of nitrogens with two attached hydrogens (primary N) is 1. The molecule has 0 unspecified atom stereocenters. The van der Waals surface area contributed by atoms with Gasteiger partial charge in [0.15, 0.2) is 18.1 Å². The number of benzene rings is 1. The number of rotatable bonds is 4. The molecule has 0 aliphatic carbocycles. The molecule has 1 amide bonds. The second kappa shape index (κ2) is 5.04. The average molecular weight is 286 g/mol. The van der Waals surface area contributed by atoms with Crippen molar-refractivity contribution >= 4 is 11.6 Å². The number of fused-ring (bicyclic) bond motifs is 1. The van der Waals surface area contributed by atoms with Crippen molar-refractivity contribution in [3.05, 3.63) is 52.8 Å². The van der Waals surface area contributed by atoms with E-state index < -0.39 is 11.6 Å². The summed E-state index contributed by atoms with van der Waals surface area (Å²) in [7, 11) is 0. The smallest absolute Gasteiger partial charge is 0.356 e. The monoisotopic (exact) mass is 286 g/mol. The zero-order valence-electron chi connectivity index (χ0n) is 10.7. The van der Waals surface area contributed by atoms with Crippen LogP contribution in [0.15, 0.2) is 41.5 Å². The number of primary amides is 1. The van der Waals surface area contributed by atoms with Crippen molar-refractivity contribution in [2.45, 2.75) is 6.73 Å². The van der Waals surface area contributed by atoms with Gasteiger partial charge in [0.1, 0.15) is 12.1 Å². The van der Waals surface area contributed by atoms with Crippen LogP contribution < -0.4 is 16.2 Å². The molecule has 0 atom stereocenters. The summed E-state index contributed by atoms with van der Waals surface area (Å²) in [6.45, 7) is -0.115. The molecule has 9 nitrogen and oxygen atoms in total. The number of carbonyl (C=O) groups is 1. The quantitative estimate of drug-likeness (QED) is 0.685. The van der Waals surface area contributed by atoms with Crippen LogP contribution in [0.3, 0.4) is 0 Å². The van der Waals surface area contributed by atoms with Crippen molar-refractivity contribution in [1.82, 2.24) is 24.4 Å². The van der Waals surface area contributed by atoms with E-state index in [9.17, 15) is 9.59 Å². The third kappa shape index (κ3) is 2.31. The number of hydrogen-bond donors (Lipinski definition) is 1. The molecule has 9 heteroatoms. The van der Waals surface area contributed by atoms with Gasteiger partial charge in [-0.2, -0.15) is 4.68 Å². The number of amides is 1. The average Bonchev–Trinajstić information content (AvgIpc) is 2.92. The third-order valence-electron chi connectivity index (χ3n) is 2.75. The second-order valence-corrected chi connectivity index (χ2v) is 4.11. The Morgan fingerprint density at radius 1 is 1.29 bits per heavy atom. The first-order valence-electron chi connectivity index (χ1n) is 5.95. The molecule has 2 aromatic heterocycles. The van der Waals surface area contributed by atoms with Gasteiger partial charge in [0.2, 0.25) is 0 Å². The fourth-order valence-electron chi connectivity index (χ4n) is 1.74. The van der Waals surface area contributed by atoms with Crippen LogP contribution in [0.4, 0.5) is 0 Å². The topological polar surface area (TPSA) is 117 Å². The first-order valence-corrected chi connectivity index (χ1v) is 5.95. The van der Waals surface area contributed by atoms with E-state index in [0.717, 1.165) is 9.08 Å². The Morgan fingerprint density at radius 2 is 2.05 bits per heavy atom. The molecule has 21 heavy (non-hydrogen) atoms. The molecule has 0 saturated heterocycles. The number of nitrogens with zero attached hydrogens (tertiary/aromatic N) is 5. The van der Waals surface area contributed by atoms with E-state index in [4.69, 9.17) is 10.5 Å². The maximum atomic E-state index is 12.1. The molecular formula is C12H10N6O3. The molecule has 0 saturated carbocycles.